The number of nitrogens with zero attached hydrogens (tertiary/aromatic N) is 3. The monoisotopic (exact) mass is 256 g/mol. The predicted octanol–water partition coefficient (Wildman–Crippen LogP) is 1.60. The molecular formula is C15H20N4. The van der Waals surface area contributed by atoms with Crippen LogP contribution in [0.3, 0.4) is 0 Å². The average Bonchev–Trinajstić information content (AvgIpc) is 2.68. The highest BCUT2D eigenvalue weighted by Crippen LogP contribution is 2.19. The fourth-order valence-corrected chi connectivity index (χ4v) is 2.76. The van der Waals surface area contributed by atoms with E-state index in [0.29, 0.717) is 0 Å². The molecule has 2 N–H and O–H groups in total. The highest BCUT2D eigenvalue weighted by atomic mass is 15.2. The SMILES string of the molecule is Cn1cc(CN2CCc3ccc(N)cc3CC2)cn1. The van der Waals surface area contributed by atoms with Crippen molar-refractivity contribution in [2.45, 2.75) is 19.4 Å². The second-order valence-corrected chi connectivity index (χ2v) is 5.33. The molecule has 0 aliphatic carbocycles. The molecule has 0 amide bonds. The van der Waals surface area contributed by atoms with Crippen LogP contribution < -0.4 is 5.73 Å². The van der Waals surface area contributed by atoms with E-state index in [1.165, 1.54) is 16.7 Å². The van der Waals surface area contributed by atoms with E-state index < -0.39 is 0 Å². The number of fused-ring (bicyclic) bond motifs is 1. The van der Waals surface area contributed by atoms with E-state index in [4.69, 9.17) is 5.73 Å². The molecule has 1 aliphatic heterocycles. The van der Waals surface area contributed by atoms with Gasteiger partial charge >= 0.3 is 0 Å². The molecule has 0 saturated carbocycles. The second-order valence-electron chi connectivity index (χ2n) is 5.33. The Morgan fingerprint density at radius 1 is 1.21 bits per heavy atom. The van der Waals surface area contributed by atoms with Crippen LogP contribution in [0.1, 0.15) is 16.7 Å². The maximum absolute atomic E-state index is 5.87. The van der Waals surface area contributed by atoms with E-state index >= 15 is 0 Å². The van der Waals surface area contributed by atoms with E-state index in [-0.39, 0.29) is 0 Å². The number of rotatable bonds is 2. The molecule has 0 bridgehead atoms. The van der Waals surface area contributed by atoms with Gasteiger partial charge in [0.25, 0.3) is 0 Å². The molecule has 0 spiro atoms. The number of benzene rings is 1. The van der Waals surface area contributed by atoms with Crippen molar-refractivity contribution in [1.82, 2.24) is 14.7 Å². The molecule has 1 aromatic carbocycles. The fraction of sp³-hybridized carbons (Fsp3) is 0.400. The molecule has 4 heteroatoms. The molecule has 0 atom stereocenters. The molecule has 4 nitrogen and oxygen atoms in total. The first-order valence-corrected chi connectivity index (χ1v) is 6.78. The van der Waals surface area contributed by atoms with E-state index in [1.807, 2.05) is 24.0 Å². The minimum Gasteiger partial charge on any atom is -0.399 e. The smallest absolute Gasteiger partial charge is 0.0534 e. The molecule has 0 unspecified atom stereocenters. The summed E-state index contributed by atoms with van der Waals surface area (Å²) in [5, 5.41) is 4.23. The van der Waals surface area contributed by atoms with Crippen molar-refractivity contribution in [3.05, 3.63) is 47.3 Å². The Hall–Kier alpha value is -1.81. The summed E-state index contributed by atoms with van der Waals surface area (Å²) in [6, 6.07) is 6.32. The molecular weight excluding hydrogens is 236 g/mol. The first-order chi connectivity index (χ1) is 9.20. The number of nitrogens with two attached hydrogens (primary N) is 1. The molecule has 0 radical (unpaired) electrons. The number of aryl methyl sites for hydroxylation is 1. The van der Waals surface area contributed by atoms with Crippen molar-refractivity contribution < 1.29 is 0 Å². The molecule has 3 rings (SSSR count). The van der Waals surface area contributed by atoms with Crippen molar-refractivity contribution in [3.8, 4) is 0 Å². The van der Waals surface area contributed by atoms with Crippen LogP contribution in [0.4, 0.5) is 5.69 Å². The van der Waals surface area contributed by atoms with Gasteiger partial charge < -0.3 is 5.73 Å². The minimum atomic E-state index is 0.874. The second kappa shape index (κ2) is 5.05. The Morgan fingerprint density at radius 2 is 2.00 bits per heavy atom. The predicted molar refractivity (Wildman–Crippen MR) is 76.7 cm³/mol. The van der Waals surface area contributed by atoms with Crippen LogP contribution in [0.15, 0.2) is 30.6 Å². The first kappa shape index (κ1) is 12.2. The lowest BCUT2D eigenvalue weighted by molar-refractivity contribution is 0.279. The van der Waals surface area contributed by atoms with Crippen LogP contribution >= 0.6 is 0 Å². The van der Waals surface area contributed by atoms with Crippen molar-refractivity contribution in [1.29, 1.82) is 0 Å². The fourth-order valence-electron chi connectivity index (χ4n) is 2.76. The Bertz CT molecular complexity index is 573. The number of nitrogen functional groups attached to an aromatic ring is 1. The number of hydrogen-bond acceptors (Lipinski definition) is 3. The van der Waals surface area contributed by atoms with Gasteiger partial charge in [-0.15, -0.1) is 0 Å². The summed E-state index contributed by atoms with van der Waals surface area (Å²) in [6.45, 7) is 3.18. The highest BCUT2D eigenvalue weighted by Gasteiger charge is 2.14. The quantitative estimate of drug-likeness (QED) is 0.830. The summed E-state index contributed by atoms with van der Waals surface area (Å²) in [5.74, 6) is 0. The van der Waals surface area contributed by atoms with E-state index in [9.17, 15) is 0 Å². The van der Waals surface area contributed by atoms with Gasteiger partial charge in [-0.3, -0.25) is 9.58 Å². The summed E-state index contributed by atoms with van der Waals surface area (Å²) in [5.41, 5.74) is 10.9. The Labute approximate surface area is 113 Å². The zero-order chi connectivity index (χ0) is 13.2. The maximum atomic E-state index is 5.87. The summed E-state index contributed by atoms with van der Waals surface area (Å²) in [6.07, 6.45) is 6.24. The van der Waals surface area contributed by atoms with Crippen LogP contribution in [0.5, 0.6) is 0 Å². The molecule has 19 heavy (non-hydrogen) atoms. The topological polar surface area (TPSA) is 47.1 Å². The van der Waals surface area contributed by atoms with E-state index in [2.05, 4.69) is 28.3 Å². The van der Waals surface area contributed by atoms with Gasteiger partial charge in [-0.2, -0.15) is 5.10 Å². The van der Waals surface area contributed by atoms with Gasteiger partial charge in [-0.25, -0.2) is 0 Å². The summed E-state index contributed by atoms with van der Waals surface area (Å²) in [4.78, 5) is 2.49. The van der Waals surface area contributed by atoms with Gasteiger partial charge in [0.2, 0.25) is 0 Å². The number of hydrogen-bond donors (Lipinski definition) is 1. The van der Waals surface area contributed by atoms with Gasteiger partial charge in [0.15, 0.2) is 0 Å². The zero-order valence-corrected chi connectivity index (χ0v) is 11.3. The molecule has 100 valence electrons. The number of anilines is 1. The molecule has 2 aromatic rings. The number of aromatic nitrogens is 2. The largest absolute Gasteiger partial charge is 0.399 e. The van der Waals surface area contributed by atoms with Crippen LogP contribution in [0.25, 0.3) is 0 Å². The lowest BCUT2D eigenvalue weighted by Crippen LogP contribution is -2.25. The van der Waals surface area contributed by atoms with E-state index in [0.717, 1.165) is 38.2 Å². The zero-order valence-electron chi connectivity index (χ0n) is 11.3. The van der Waals surface area contributed by atoms with Crippen LogP contribution in [-0.4, -0.2) is 27.8 Å². The maximum Gasteiger partial charge on any atom is 0.0534 e. The summed E-state index contributed by atoms with van der Waals surface area (Å²) in [7, 11) is 1.96. The van der Waals surface area contributed by atoms with Crippen LogP contribution in [0.2, 0.25) is 0 Å². The Balaban J connectivity index is 1.69. The van der Waals surface area contributed by atoms with Crippen LogP contribution in [0, 0.1) is 0 Å². The minimum absolute atomic E-state index is 0.874. The third kappa shape index (κ3) is 2.79. The first-order valence-electron chi connectivity index (χ1n) is 6.78. The summed E-state index contributed by atoms with van der Waals surface area (Å²) < 4.78 is 1.86. The lowest BCUT2D eigenvalue weighted by Gasteiger charge is -2.18. The van der Waals surface area contributed by atoms with Crippen molar-refractivity contribution in [2.24, 2.45) is 7.05 Å². The molecule has 0 fully saturated rings. The third-order valence-corrected chi connectivity index (χ3v) is 3.79. The van der Waals surface area contributed by atoms with Gasteiger partial charge in [-0.05, 0) is 36.1 Å². The Kier molecular flexibility index (Phi) is 3.25. The standard InChI is InChI=1S/C15H20N4/c1-18-10-12(9-17-18)11-19-6-4-13-2-3-15(16)8-14(13)5-7-19/h2-3,8-10H,4-7,11,16H2,1H3. The molecule has 2 heterocycles. The van der Waals surface area contributed by atoms with Gasteiger partial charge in [0.1, 0.15) is 0 Å². The third-order valence-electron chi connectivity index (χ3n) is 3.79. The van der Waals surface area contributed by atoms with E-state index in [1.54, 1.807) is 0 Å². The molecule has 1 aromatic heterocycles. The highest BCUT2D eigenvalue weighted by molar-refractivity contribution is 5.45. The van der Waals surface area contributed by atoms with Crippen molar-refractivity contribution >= 4 is 5.69 Å². The Morgan fingerprint density at radius 3 is 2.74 bits per heavy atom. The molecule has 1 aliphatic rings. The van der Waals surface area contributed by atoms with Gasteiger partial charge in [0.05, 0.1) is 6.20 Å². The normalized spacial score (nSPS) is 16.1. The lowest BCUT2D eigenvalue weighted by atomic mass is 10.0. The average molecular weight is 256 g/mol. The molecule has 0 saturated heterocycles. The van der Waals surface area contributed by atoms with Crippen molar-refractivity contribution in [2.75, 3.05) is 18.8 Å². The summed E-state index contributed by atoms with van der Waals surface area (Å²) >= 11 is 0. The van der Waals surface area contributed by atoms with Crippen molar-refractivity contribution in [3.63, 3.8) is 0 Å². The van der Waals surface area contributed by atoms with Crippen LogP contribution in [-0.2, 0) is 26.4 Å². The van der Waals surface area contributed by atoms with Gasteiger partial charge in [-0.1, -0.05) is 6.07 Å². The van der Waals surface area contributed by atoms with Gasteiger partial charge in [0, 0.05) is 44.1 Å².